The van der Waals surface area contributed by atoms with E-state index in [-0.39, 0.29) is 5.78 Å². The summed E-state index contributed by atoms with van der Waals surface area (Å²) in [6.45, 7) is 7.88. The molecule has 82 valence electrons. The molecule has 0 heterocycles. The van der Waals surface area contributed by atoms with Crippen LogP contribution in [-0.4, -0.2) is 5.78 Å². The predicted octanol–water partition coefficient (Wildman–Crippen LogP) is 3.92. The van der Waals surface area contributed by atoms with Gasteiger partial charge in [-0.1, -0.05) is 29.8 Å². The second-order valence-electron chi connectivity index (χ2n) is 4.49. The molecule has 2 aliphatic rings. The number of hydrogen-bond acceptors (Lipinski definition) is 1. The molecule has 0 unspecified atom stereocenters. The Morgan fingerprint density at radius 1 is 1.00 bits per heavy atom. The molecule has 0 aliphatic heterocycles. The number of fused-ring (bicyclic) bond motifs is 1. The van der Waals surface area contributed by atoms with E-state index >= 15 is 0 Å². The van der Waals surface area contributed by atoms with Crippen molar-refractivity contribution < 1.29 is 4.79 Å². The minimum absolute atomic E-state index is 0.140. The third-order valence-electron chi connectivity index (χ3n) is 3.04. The highest BCUT2D eigenvalue weighted by molar-refractivity contribution is 6.03. The second-order valence-corrected chi connectivity index (χ2v) is 4.49. The van der Waals surface area contributed by atoms with Crippen molar-refractivity contribution in [2.45, 2.75) is 27.7 Å². The van der Waals surface area contributed by atoms with Gasteiger partial charge in [-0.05, 0) is 49.9 Å². The van der Waals surface area contributed by atoms with Gasteiger partial charge in [0.1, 0.15) is 0 Å². The van der Waals surface area contributed by atoms with Crippen molar-refractivity contribution in [1.82, 2.24) is 0 Å². The van der Waals surface area contributed by atoms with Crippen LogP contribution in [0, 0.1) is 20.8 Å². The third kappa shape index (κ3) is 1.63. The molecule has 16 heavy (non-hydrogen) atoms. The van der Waals surface area contributed by atoms with E-state index in [0.29, 0.717) is 0 Å². The lowest BCUT2D eigenvalue weighted by Gasteiger charge is -2.03. The van der Waals surface area contributed by atoms with Crippen LogP contribution >= 0.6 is 0 Å². The van der Waals surface area contributed by atoms with Gasteiger partial charge in [0.15, 0.2) is 5.78 Å². The highest BCUT2D eigenvalue weighted by Crippen LogP contribution is 2.33. The Bertz CT molecular complexity index is 538. The van der Waals surface area contributed by atoms with Gasteiger partial charge in [0, 0.05) is 5.56 Å². The zero-order valence-electron chi connectivity index (χ0n) is 10.2. The summed E-state index contributed by atoms with van der Waals surface area (Å²) in [5.74, 6) is 0.140. The maximum atomic E-state index is 11.6. The summed E-state index contributed by atoms with van der Waals surface area (Å²) >= 11 is 0. The second kappa shape index (κ2) is 3.75. The van der Waals surface area contributed by atoms with E-state index in [0.717, 1.165) is 11.1 Å². The summed E-state index contributed by atoms with van der Waals surface area (Å²) in [6, 6.07) is 8.29. The van der Waals surface area contributed by atoms with Crippen LogP contribution in [0.1, 0.15) is 34.0 Å². The highest BCUT2D eigenvalue weighted by atomic mass is 16.1. The molecule has 0 spiro atoms. The maximum absolute atomic E-state index is 11.6. The van der Waals surface area contributed by atoms with Crippen molar-refractivity contribution in [2.24, 2.45) is 0 Å². The third-order valence-corrected chi connectivity index (χ3v) is 3.04. The fraction of sp³-hybridized carbons (Fsp3) is 0.267. The zero-order valence-corrected chi connectivity index (χ0v) is 10.2. The maximum Gasteiger partial charge on any atom is 0.160 e. The molecule has 2 aliphatic carbocycles. The van der Waals surface area contributed by atoms with Gasteiger partial charge < -0.3 is 0 Å². The number of hydrogen-bond donors (Lipinski definition) is 0. The molecular formula is C15H16O. The smallest absolute Gasteiger partial charge is 0.160 e. The molecule has 0 fully saturated rings. The summed E-state index contributed by atoms with van der Waals surface area (Å²) < 4.78 is 0. The van der Waals surface area contributed by atoms with Crippen molar-refractivity contribution in [2.75, 3.05) is 0 Å². The summed E-state index contributed by atoms with van der Waals surface area (Å²) in [6.07, 6.45) is 0. The highest BCUT2D eigenvalue weighted by Gasteiger charge is 2.16. The van der Waals surface area contributed by atoms with Gasteiger partial charge in [-0.3, -0.25) is 4.79 Å². The largest absolute Gasteiger partial charge is 0.294 e. The standard InChI is InChI=1S/C15H16O/c1-9-7-10(2)13-5-6-14(12(4)16)15(13)11(3)8-9/h5-8H,1-4H3. The Labute approximate surface area is 96.5 Å². The number of carbonyl (C=O) groups is 1. The van der Waals surface area contributed by atoms with E-state index in [2.05, 4.69) is 32.9 Å². The molecule has 0 aromatic rings. The quantitative estimate of drug-likeness (QED) is 0.655. The molecule has 1 nitrogen and oxygen atoms in total. The molecule has 0 bridgehead atoms. The summed E-state index contributed by atoms with van der Waals surface area (Å²) in [5, 5.41) is 0. The van der Waals surface area contributed by atoms with Crippen LogP contribution in [0.4, 0.5) is 0 Å². The van der Waals surface area contributed by atoms with Crippen molar-refractivity contribution in [3.05, 3.63) is 46.5 Å². The Balaban J connectivity index is 2.86. The lowest BCUT2D eigenvalue weighted by Crippen LogP contribution is -1.92. The topological polar surface area (TPSA) is 17.1 Å². The molecule has 0 N–H and O–H groups in total. The van der Waals surface area contributed by atoms with Crippen LogP contribution in [0.2, 0.25) is 0 Å². The summed E-state index contributed by atoms with van der Waals surface area (Å²) in [7, 11) is 0. The van der Waals surface area contributed by atoms with E-state index in [1.54, 1.807) is 6.92 Å². The molecular weight excluding hydrogens is 196 g/mol. The lowest BCUT2D eigenvalue weighted by molar-refractivity contribution is 0.101. The first-order chi connectivity index (χ1) is 7.50. The SMILES string of the molecule is CC(=O)c1ccc2c(C)cc(C)cc(C)c1-2. The van der Waals surface area contributed by atoms with E-state index in [9.17, 15) is 4.79 Å². The zero-order chi connectivity index (χ0) is 11.9. The molecule has 0 atom stereocenters. The van der Waals surface area contributed by atoms with Gasteiger partial charge in [-0.15, -0.1) is 0 Å². The number of ketones is 1. The Morgan fingerprint density at radius 2 is 1.62 bits per heavy atom. The Kier molecular flexibility index (Phi) is 2.55. The van der Waals surface area contributed by atoms with Crippen LogP contribution < -0.4 is 0 Å². The fourth-order valence-corrected chi connectivity index (χ4v) is 2.40. The van der Waals surface area contributed by atoms with E-state index < -0.39 is 0 Å². The minimum Gasteiger partial charge on any atom is -0.294 e. The van der Waals surface area contributed by atoms with Gasteiger partial charge in [-0.25, -0.2) is 0 Å². The van der Waals surface area contributed by atoms with Crippen molar-refractivity contribution in [1.29, 1.82) is 0 Å². The van der Waals surface area contributed by atoms with Crippen LogP contribution in [0.3, 0.4) is 0 Å². The van der Waals surface area contributed by atoms with Crippen molar-refractivity contribution >= 4 is 5.78 Å². The van der Waals surface area contributed by atoms with Gasteiger partial charge in [-0.2, -0.15) is 0 Å². The molecule has 0 radical (unpaired) electrons. The first kappa shape index (κ1) is 10.9. The predicted molar refractivity (Wildman–Crippen MR) is 67.3 cm³/mol. The number of rotatable bonds is 1. The van der Waals surface area contributed by atoms with Crippen LogP contribution in [0.25, 0.3) is 11.1 Å². The van der Waals surface area contributed by atoms with Crippen LogP contribution in [-0.2, 0) is 0 Å². The molecule has 0 aromatic carbocycles. The summed E-state index contributed by atoms with van der Waals surface area (Å²) in [4.78, 5) is 11.6. The molecule has 1 heteroatoms. The molecule has 2 rings (SSSR count). The van der Waals surface area contributed by atoms with E-state index in [1.807, 2.05) is 12.1 Å². The normalized spacial score (nSPS) is 10.8. The molecule has 0 amide bonds. The lowest BCUT2D eigenvalue weighted by atomic mass is 10.0. The number of carbonyl (C=O) groups excluding carboxylic acids is 1. The fourth-order valence-electron chi connectivity index (χ4n) is 2.40. The first-order valence-corrected chi connectivity index (χ1v) is 5.52. The van der Waals surface area contributed by atoms with Crippen LogP contribution in [0.15, 0.2) is 24.3 Å². The van der Waals surface area contributed by atoms with Gasteiger partial charge in [0.25, 0.3) is 0 Å². The minimum atomic E-state index is 0.140. The molecule has 0 saturated heterocycles. The summed E-state index contributed by atoms with van der Waals surface area (Å²) in [5.41, 5.74) is 6.78. The van der Waals surface area contributed by atoms with Crippen LogP contribution in [0.5, 0.6) is 0 Å². The Hall–Kier alpha value is -1.63. The van der Waals surface area contributed by atoms with Gasteiger partial charge >= 0.3 is 0 Å². The van der Waals surface area contributed by atoms with E-state index in [1.165, 1.54) is 22.3 Å². The van der Waals surface area contributed by atoms with Gasteiger partial charge in [0.05, 0.1) is 0 Å². The average molecular weight is 212 g/mol. The van der Waals surface area contributed by atoms with Crippen molar-refractivity contribution in [3.8, 4) is 11.1 Å². The average Bonchev–Trinajstić information content (AvgIpc) is 2.56. The first-order valence-electron chi connectivity index (χ1n) is 5.52. The molecule has 0 aromatic heterocycles. The monoisotopic (exact) mass is 212 g/mol. The van der Waals surface area contributed by atoms with E-state index in [4.69, 9.17) is 0 Å². The van der Waals surface area contributed by atoms with Crippen molar-refractivity contribution in [3.63, 3.8) is 0 Å². The molecule has 0 saturated carbocycles. The number of Topliss-reactive ketones (excluding diaryl/α,β-unsaturated/α-hetero) is 1. The van der Waals surface area contributed by atoms with Gasteiger partial charge in [0.2, 0.25) is 0 Å². The Morgan fingerprint density at radius 3 is 2.25 bits per heavy atom. The number of aryl methyl sites for hydroxylation is 3.